The van der Waals surface area contributed by atoms with Gasteiger partial charge in [0.1, 0.15) is 0 Å². The van der Waals surface area contributed by atoms with Gasteiger partial charge >= 0.3 is 0 Å². The first-order valence-electron chi connectivity index (χ1n) is 11.1. The molecule has 1 aromatic carbocycles. The van der Waals surface area contributed by atoms with Gasteiger partial charge in [0.15, 0.2) is 0 Å². The van der Waals surface area contributed by atoms with Crippen molar-refractivity contribution < 1.29 is 4.79 Å². The number of hydrogen-bond donors (Lipinski definition) is 1. The van der Waals surface area contributed by atoms with Crippen LogP contribution in [0.25, 0.3) is 0 Å². The number of carbonyl (C=O) groups excluding carboxylic acids is 1. The normalized spacial score (nSPS) is 26.3. The monoisotopic (exact) mass is 369 g/mol. The molecule has 1 saturated carbocycles. The van der Waals surface area contributed by atoms with Gasteiger partial charge in [0.2, 0.25) is 5.91 Å². The number of benzene rings is 1. The maximum Gasteiger partial charge on any atom is 0.224 e. The molecule has 4 heteroatoms. The third-order valence-corrected chi connectivity index (χ3v) is 6.85. The fourth-order valence-corrected chi connectivity index (χ4v) is 5.23. The van der Waals surface area contributed by atoms with E-state index in [0.29, 0.717) is 18.0 Å². The lowest BCUT2D eigenvalue weighted by Crippen LogP contribution is -2.51. The van der Waals surface area contributed by atoms with Gasteiger partial charge in [-0.2, -0.15) is 0 Å². The van der Waals surface area contributed by atoms with Gasteiger partial charge in [0.25, 0.3) is 0 Å². The summed E-state index contributed by atoms with van der Waals surface area (Å²) in [5.74, 6) is 0.537. The molecule has 4 nitrogen and oxygen atoms in total. The van der Waals surface area contributed by atoms with Crippen LogP contribution in [0.15, 0.2) is 30.3 Å². The van der Waals surface area contributed by atoms with Gasteiger partial charge in [-0.05, 0) is 63.7 Å². The summed E-state index contributed by atoms with van der Waals surface area (Å²) in [5.41, 5.74) is 1.41. The Morgan fingerprint density at radius 1 is 0.926 bits per heavy atom. The van der Waals surface area contributed by atoms with Gasteiger partial charge < -0.3 is 5.32 Å². The van der Waals surface area contributed by atoms with Gasteiger partial charge in [-0.15, -0.1) is 0 Å². The Bertz CT molecular complexity index is 591. The van der Waals surface area contributed by atoms with Gasteiger partial charge in [0.05, 0.1) is 5.92 Å². The van der Waals surface area contributed by atoms with E-state index >= 15 is 0 Å². The summed E-state index contributed by atoms with van der Waals surface area (Å²) in [4.78, 5) is 17.9. The third kappa shape index (κ3) is 5.11. The van der Waals surface area contributed by atoms with Crippen molar-refractivity contribution in [2.45, 2.75) is 70.0 Å². The molecule has 0 spiro atoms. The average molecular weight is 370 g/mol. The maximum atomic E-state index is 12.7. The van der Waals surface area contributed by atoms with Crippen LogP contribution in [0.4, 0.5) is 0 Å². The number of amides is 1. The molecule has 3 aliphatic rings. The Balaban J connectivity index is 1.23. The van der Waals surface area contributed by atoms with Gasteiger partial charge in [-0.1, -0.05) is 43.2 Å². The molecular formula is C23H35N3O. The second kappa shape index (κ2) is 9.20. The molecule has 2 saturated heterocycles. The predicted molar refractivity (Wildman–Crippen MR) is 109 cm³/mol. The first-order valence-corrected chi connectivity index (χ1v) is 11.1. The zero-order valence-corrected chi connectivity index (χ0v) is 16.6. The minimum Gasteiger partial charge on any atom is -0.353 e. The number of piperidine rings is 2. The molecule has 1 N–H and O–H groups in total. The fourth-order valence-electron chi connectivity index (χ4n) is 5.23. The van der Waals surface area contributed by atoms with Crippen molar-refractivity contribution in [1.82, 2.24) is 15.1 Å². The Hall–Kier alpha value is -1.39. The largest absolute Gasteiger partial charge is 0.353 e. The fraction of sp³-hybridized carbons (Fsp3) is 0.696. The van der Waals surface area contributed by atoms with Crippen LogP contribution in [0.1, 0.15) is 56.9 Å². The van der Waals surface area contributed by atoms with E-state index in [9.17, 15) is 4.79 Å². The molecule has 1 aliphatic carbocycles. The SMILES string of the molecule is O=C(NC1CCCC1)C1CCCN(C2CCN(Cc3ccccc3)CC2)C1. The summed E-state index contributed by atoms with van der Waals surface area (Å²) in [7, 11) is 0. The minimum atomic E-state index is 0.210. The second-order valence-electron chi connectivity index (χ2n) is 8.82. The van der Waals surface area contributed by atoms with Crippen molar-refractivity contribution in [1.29, 1.82) is 0 Å². The Morgan fingerprint density at radius 3 is 2.41 bits per heavy atom. The Morgan fingerprint density at radius 2 is 1.67 bits per heavy atom. The molecule has 148 valence electrons. The number of nitrogens with zero attached hydrogens (tertiary/aromatic N) is 2. The Labute approximate surface area is 164 Å². The molecule has 2 heterocycles. The van der Waals surface area contributed by atoms with E-state index in [0.717, 1.165) is 19.5 Å². The molecule has 0 bridgehead atoms. The highest BCUT2D eigenvalue weighted by Gasteiger charge is 2.32. The zero-order valence-electron chi connectivity index (χ0n) is 16.6. The molecule has 1 unspecified atom stereocenters. The smallest absolute Gasteiger partial charge is 0.224 e. The van der Waals surface area contributed by atoms with Crippen molar-refractivity contribution in [2.24, 2.45) is 5.92 Å². The van der Waals surface area contributed by atoms with Crippen molar-refractivity contribution in [3.05, 3.63) is 35.9 Å². The number of rotatable bonds is 5. The van der Waals surface area contributed by atoms with Crippen LogP contribution in [0.3, 0.4) is 0 Å². The highest BCUT2D eigenvalue weighted by atomic mass is 16.2. The molecular weight excluding hydrogens is 334 g/mol. The number of likely N-dealkylation sites (tertiary alicyclic amines) is 2. The summed E-state index contributed by atoms with van der Waals surface area (Å²) < 4.78 is 0. The molecule has 0 radical (unpaired) electrons. The van der Waals surface area contributed by atoms with E-state index in [2.05, 4.69) is 45.4 Å². The molecule has 1 aromatic rings. The van der Waals surface area contributed by atoms with E-state index in [-0.39, 0.29) is 5.92 Å². The first kappa shape index (κ1) is 18.9. The van der Waals surface area contributed by atoms with Gasteiger partial charge in [-0.25, -0.2) is 0 Å². The van der Waals surface area contributed by atoms with E-state index in [1.54, 1.807) is 0 Å². The molecule has 1 atom stereocenters. The standard InChI is InChI=1S/C23H35N3O/c27-23(24-21-10-4-5-11-21)20-9-6-14-26(18-20)22-12-15-25(16-13-22)17-19-7-2-1-3-8-19/h1-3,7-8,20-22H,4-6,9-18H2,(H,24,27). The predicted octanol–water partition coefficient (Wildman–Crippen LogP) is 3.42. The van der Waals surface area contributed by atoms with Gasteiger partial charge in [0, 0.05) is 25.2 Å². The third-order valence-electron chi connectivity index (χ3n) is 6.85. The maximum absolute atomic E-state index is 12.7. The van der Waals surface area contributed by atoms with Crippen molar-refractivity contribution in [3.8, 4) is 0 Å². The zero-order chi connectivity index (χ0) is 18.5. The molecule has 4 rings (SSSR count). The highest BCUT2D eigenvalue weighted by molar-refractivity contribution is 5.79. The van der Waals surface area contributed by atoms with Crippen LogP contribution in [-0.2, 0) is 11.3 Å². The van der Waals surface area contributed by atoms with E-state index < -0.39 is 0 Å². The van der Waals surface area contributed by atoms with Crippen LogP contribution in [-0.4, -0.2) is 54.0 Å². The molecule has 27 heavy (non-hydrogen) atoms. The number of hydrogen-bond acceptors (Lipinski definition) is 3. The lowest BCUT2D eigenvalue weighted by atomic mass is 9.93. The van der Waals surface area contributed by atoms with E-state index in [1.807, 2.05) is 0 Å². The Kier molecular flexibility index (Phi) is 6.46. The topological polar surface area (TPSA) is 35.6 Å². The quantitative estimate of drug-likeness (QED) is 0.864. The highest BCUT2D eigenvalue weighted by Crippen LogP contribution is 2.25. The minimum absolute atomic E-state index is 0.210. The van der Waals surface area contributed by atoms with Crippen LogP contribution in [0.5, 0.6) is 0 Å². The molecule has 2 aliphatic heterocycles. The van der Waals surface area contributed by atoms with Crippen molar-refractivity contribution >= 4 is 5.91 Å². The lowest BCUT2D eigenvalue weighted by molar-refractivity contribution is -0.127. The van der Waals surface area contributed by atoms with Crippen LogP contribution >= 0.6 is 0 Å². The van der Waals surface area contributed by atoms with Crippen LogP contribution in [0.2, 0.25) is 0 Å². The van der Waals surface area contributed by atoms with E-state index in [4.69, 9.17) is 0 Å². The van der Waals surface area contributed by atoms with Gasteiger partial charge in [-0.3, -0.25) is 14.6 Å². The summed E-state index contributed by atoms with van der Waals surface area (Å²) in [6, 6.07) is 11.9. The van der Waals surface area contributed by atoms with E-state index in [1.165, 1.54) is 70.1 Å². The van der Waals surface area contributed by atoms with Crippen LogP contribution in [0, 0.1) is 5.92 Å². The van der Waals surface area contributed by atoms with Crippen molar-refractivity contribution in [3.63, 3.8) is 0 Å². The summed E-state index contributed by atoms with van der Waals surface area (Å²) in [5, 5.41) is 3.33. The second-order valence-corrected chi connectivity index (χ2v) is 8.82. The molecule has 1 amide bonds. The summed E-state index contributed by atoms with van der Waals surface area (Å²) >= 11 is 0. The van der Waals surface area contributed by atoms with Crippen molar-refractivity contribution in [2.75, 3.05) is 26.2 Å². The molecule has 0 aromatic heterocycles. The summed E-state index contributed by atoms with van der Waals surface area (Å²) in [6.07, 6.45) is 9.65. The lowest BCUT2D eigenvalue weighted by Gasteiger charge is -2.42. The average Bonchev–Trinajstić information content (AvgIpc) is 3.22. The number of nitrogens with one attached hydrogen (secondary N) is 1. The number of carbonyl (C=O) groups is 1. The first-order chi connectivity index (χ1) is 13.3. The molecule has 3 fully saturated rings. The summed E-state index contributed by atoms with van der Waals surface area (Å²) in [6.45, 7) is 5.57. The van der Waals surface area contributed by atoms with Crippen LogP contribution < -0.4 is 5.32 Å².